The number of piperidine rings is 1. The van der Waals surface area contributed by atoms with Crippen LogP contribution in [0.5, 0.6) is 0 Å². The van der Waals surface area contributed by atoms with Gasteiger partial charge < -0.3 is 5.73 Å². The minimum absolute atomic E-state index is 0.223. The lowest BCUT2D eigenvalue weighted by molar-refractivity contribution is 0.268. The van der Waals surface area contributed by atoms with Crippen molar-refractivity contribution in [1.29, 1.82) is 0 Å². The first kappa shape index (κ1) is 14.3. The summed E-state index contributed by atoms with van der Waals surface area (Å²) in [5.41, 5.74) is 5.66. The Kier molecular flexibility index (Phi) is 4.10. The molecule has 0 bridgehead atoms. The molecule has 0 aliphatic carbocycles. The summed E-state index contributed by atoms with van der Waals surface area (Å²) in [6.45, 7) is 3.03. The van der Waals surface area contributed by atoms with Crippen LogP contribution in [0.25, 0.3) is 0 Å². The van der Waals surface area contributed by atoms with Gasteiger partial charge in [-0.2, -0.15) is 4.31 Å². The van der Waals surface area contributed by atoms with Crippen molar-refractivity contribution in [3.05, 3.63) is 24.0 Å². The minimum Gasteiger partial charge on any atom is -0.399 e. The van der Waals surface area contributed by atoms with Gasteiger partial charge in [0.05, 0.1) is 0 Å². The van der Waals surface area contributed by atoms with Gasteiger partial charge in [-0.15, -0.1) is 0 Å². The fourth-order valence-electron chi connectivity index (χ4n) is 2.42. The van der Waals surface area contributed by atoms with Crippen LogP contribution >= 0.6 is 0 Å². The number of sulfonamides is 1. The van der Waals surface area contributed by atoms with Crippen molar-refractivity contribution in [2.24, 2.45) is 5.92 Å². The van der Waals surface area contributed by atoms with E-state index in [2.05, 4.69) is 6.92 Å². The number of hydrogen-bond donors (Lipinski definition) is 1. The molecule has 1 fully saturated rings. The van der Waals surface area contributed by atoms with E-state index in [1.54, 1.807) is 0 Å². The highest BCUT2D eigenvalue weighted by Crippen LogP contribution is 2.27. The van der Waals surface area contributed by atoms with Crippen LogP contribution in [0.15, 0.2) is 23.1 Å². The average Bonchev–Trinajstić information content (AvgIpc) is 2.38. The highest BCUT2D eigenvalue weighted by atomic mass is 32.2. The highest BCUT2D eigenvalue weighted by Gasteiger charge is 2.30. The van der Waals surface area contributed by atoms with Gasteiger partial charge in [0.2, 0.25) is 10.0 Å². The molecule has 2 N–H and O–H groups in total. The molecule has 1 aliphatic rings. The van der Waals surface area contributed by atoms with Crippen LogP contribution in [0, 0.1) is 11.7 Å². The van der Waals surface area contributed by atoms with Crippen LogP contribution in [-0.2, 0) is 10.0 Å². The van der Waals surface area contributed by atoms with Crippen LogP contribution in [0.4, 0.5) is 10.1 Å². The first-order chi connectivity index (χ1) is 8.95. The summed E-state index contributed by atoms with van der Waals surface area (Å²) in [5, 5.41) is 0. The Morgan fingerprint density at radius 3 is 2.53 bits per heavy atom. The Balaban J connectivity index is 2.23. The van der Waals surface area contributed by atoms with E-state index < -0.39 is 15.8 Å². The third kappa shape index (κ3) is 2.90. The Morgan fingerprint density at radius 1 is 1.37 bits per heavy atom. The second kappa shape index (κ2) is 5.46. The third-order valence-corrected chi connectivity index (χ3v) is 5.66. The Hall–Kier alpha value is -1.14. The predicted octanol–water partition coefficient (Wildman–Crippen LogP) is 2.22. The molecule has 0 amide bonds. The van der Waals surface area contributed by atoms with E-state index in [1.807, 2.05) is 0 Å². The van der Waals surface area contributed by atoms with Gasteiger partial charge in [0, 0.05) is 18.8 Å². The molecule has 1 aromatic rings. The number of hydrogen-bond acceptors (Lipinski definition) is 3. The Bertz CT molecular complexity index is 552. The van der Waals surface area contributed by atoms with Gasteiger partial charge in [-0.05, 0) is 37.0 Å². The second-order valence-electron chi connectivity index (χ2n) is 4.95. The average molecular weight is 286 g/mol. The lowest BCUT2D eigenvalue weighted by atomic mass is 9.96. The quantitative estimate of drug-likeness (QED) is 0.867. The number of anilines is 1. The van der Waals surface area contributed by atoms with Gasteiger partial charge in [-0.3, -0.25) is 0 Å². The van der Waals surface area contributed by atoms with Gasteiger partial charge in [0.15, 0.2) is 0 Å². The summed E-state index contributed by atoms with van der Waals surface area (Å²) >= 11 is 0. The topological polar surface area (TPSA) is 63.4 Å². The lowest BCUT2D eigenvalue weighted by Crippen LogP contribution is -2.38. The molecule has 1 aliphatic heterocycles. The van der Waals surface area contributed by atoms with Crippen molar-refractivity contribution in [2.45, 2.75) is 31.1 Å². The summed E-state index contributed by atoms with van der Waals surface area (Å²) in [7, 11) is -3.74. The molecule has 0 spiro atoms. The van der Waals surface area contributed by atoms with Gasteiger partial charge in [-0.25, -0.2) is 12.8 Å². The zero-order valence-corrected chi connectivity index (χ0v) is 11.8. The van der Waals surface area contributed by atoms with E-state index in [0.29, 0.717) is 19.0 Å². The molecular formula is C13H19FN2O2S. The first-order valence-corrected chi connectivity index (χ1v) is 7.94. The summed E-state index contributed by atoms with van der Waals surface area (Å²) in [6.07, 6.45) is 2.74. The summed E-state index contributed by atoms with van der Waals surface area (Å²) in [6, 6.07) is 3.70. The summed E-state index contributed by atoms with van der Waals surface area (Å²) in [4.78, 5) is -0.281. The summed E-state index contributed by atoms with van der Waals surface area (Å²) in [5.74, 6) is -0.208. The molecule has 2 rings (SSSR count). The first-order valence-electron chi connectivity index (χ1n) is 6.50. The van der Waals surface area contributed by atoms with Crippen LogP contribution in [0.3, 0.4) is 0 Å². The molecular weight excluding hydrogens is 267 g/mol. The standard InChI is InChI=1S/C13H19FN2O2S/c1-2-10-5-7-16(8-6-10)19(17,18)13-4-3-11(15)9-12(13)14/h3-4,9-10H,2,5-8,15H2,1H3. The molecule has 0 aromatic heterocycles. The fraction of sp³-hybridized carbons (Fsp3) is 0.538. The van der Waals surface area contributed by atoms with Crippen LogP contribution in [-0.4, -0.2) is 25.8 Å². The van der Waals surface area contributed by atoms with E-state index in [-0.39, 0.29) is 10.6 Å². The molecule has 106 valence electrons. The van der Waals surface area contributed by atoms with E-state index >= 15 is 0 Å². The second-order valence-corrected chi connectivity index (χ2v) is 6.85. The molecule has 0 radical (unpaired) electrons. The molecule has 1 heterocycles. The number of halogens is 1. The molecule has 4 nitrogen and oxygen atoms in total. The van der Waals surface area contributed by atoms with Gasteiger partial charge in [-0.1, -0.05) is 13.3 Å². The SMILES string of the molecule is CCC1CCN(S(=O)(=O)c2ccc(N)cc2F)CC1. The zero-order valence-electron chi connectivity index (χ0n) is 11.0. The largest absolute Gasteiger partial charge is 0.399 e. The fourth-order valence-corrected chi connectivity index (χ4v) is 3.94. The van der Waals surface area contributed by atoms with E-state index in [4.69, 9.17) is 5.73 Å². The molecule has 19 heavy (non-hydrogen) atoms. The van der Waals surface area contributed by atoms with E-state index in [1.165, 1.54) is 16.4 Å². The Labute approximate surface area is 113 Å². The smallest absolute Gasteiger partial charge is 0.245 e. The predicted molar refractivity (Wildman–Crippen MR) is 72.6 cm³/mol. The monoisotopic (exact) mass is 286 g/mol. The number of nitrogens with zero attached hydrogens (tertiary/aromatic N) is 1. The van der Waals surface area contributed by atoms with Gasteiger partial charge >= 0.3 is 0 Å². The molecule has 0 atom stereocenters. The number of rotatable bonds is 3. The third-order valence-electron chi connectivity index (χ3n) is 3.72. The normalized spacial score (nSPS) is 18.6. The Morgan fingerprint density at radius 2 is 2.00 bits per heavy atom. The van der Waals surface area contributed by atoms with Crippen molar-refractivity contribution in [3.8, 4) is 0 Å². The maximum atomic E-state index is 13.8. The van der Waals surface area contributed by atoms with Gasteiger partial charge in [0.25, 0.3) is 0 Å². The van der Waals surface area contributed by atoms with Gasteiger partial charge in [0.1, 0.15) is 10.7 Å². The lowest BCUT2D eigenvalue weighted by Gasteiger charge is -2.30. The van der Waals surface area contributed by atoms with Crippen LogP contribution < -0.4 is 5.73 Å². The summed E-state index contributed by atoms with van der Waals surface area (Å²) < 4.78 is 39.8. The number of nitrogen functional groups attached to an aromatic ring is 1. The molecule has 0 saturated carbocycles. The zero-order chi connectivity index (χ0) is 14.0. The van der Waals surface area contributed by atoms with Crippen molar-refractivity contribution >= 4 is 15.7 Å². The van der Waals surface area contributed by atoms with Crippen molar-refractivity contribution in [1.82, 2.24) is 4.31 Å². The molecule has 6 heteroatoms. The van der Waals surface area contributed by atoms with Crippen molar-refractivity contribution in [3.63, 3.8) is 0 Å². The maximum Gasteiger partial charge on any atom is 0.245 e. The van der Waals surface area contributed by atoms with Crippen molar-refractivity contribution in [2.75, 3.05) is 18.8 Å². The number of benzene rings is 1. The van der Waals surface area contributed by atoms with E-state index in [0.717, 1.165) is 25.3 Å². The minimum atomic E-state index is -3.74. The number of nitrogens with two attached hydrogens (primary N) is 1. The highest BCUT2D eigenvalue weighted by molar-refractivity contribution is 7.89. The van der Waals surface area contributed by atoms with Crippen LogP contribution in [0.1, 0.15) is 26.2 Å². The molecule has 0 unspecified atom stereocenters. The molecule has 1 saturated heterocycles. The van der Waals surface area contributed by atoms with E-state index in [9.17, 15) is 12.8 Å². The maximum absolute atomic E-state index is 13.8. The van der Waals surface area contributed by atoms with Crippen LogP contribution in [0.2, 0.25) is 0 Å². The molecule has 1 aromatic carbocycles. The van der Waals surface area contributed by atoms with Crippen molar-refractivity contribution < 1.29 is 12.8 Å².